The van der Waals surface area contributed by atoms with Crippen LogP contribution in [0.4, 0.5) is 0 Å². The molecule has 4 nitrogen and oxygen atoms in total. The van der Waals surface area contributed by atoms with E-state index in [9.17, 15) is 14.7 Å². The molecule has 104 valence electrons. The van der Waals surface area contributed by atoms with Gasteiger partial charge in [-0.25, -0.2) is 4.79 Å². The highest BCUT2D eigenvalue weighted by Gasteiger charge is 2.33. The Bertz CT molecular complexity index is 506. The quantitative estimate of drug-likeness (QED) is 0.896. The van der Waals surface area contributed by atoms with Gasteiger partial charge in [-0.2, -0.15) is 0 Å². The van der Waals surface area contributed by atoms with Crippen molar-refractivity contribution in [1.82, 2.24) is 5.32 Å². The van der Waals surface area contributed by atoms with E-state index in [0.29, 0.717) is 10.6 Å². The second-order valence-corrected chi connectivity index (χ2v) is 6.01. The predicted octanol–water partition coefficient (Wildman–Crippen LogP) is 2.88. The van der Waals surface area contributed by atoms with E-state index in [0.717, 1.165) is 5.56 Å². The number of carboxylic acid groups (broad SMARTS) is 1. The smallest absolute Gasteiger partial charge is 0.326 e. The summed E-state index contributed by atoms with van der Waals surface area (Å²) in [6.45, 7) is 7.06. The van der Waals surface area contributed by atoms with E-state index in [4.69, 9.17) is 11.6 Å². The first-order valence-corrected chi connectivity index (χ1v) is 6.30. The zero-order valence-corrected chi connectivity index (χ0v) is 12.2. The summed E-state index contributed by atoms with van der Waals surface area (Å²) in [6, 6.07) is 3.99. The van der Waals surface area contributed by atoms with E-state index >= 15 is 0 Å². The van der Waals surface area contributed by atoms with Crippen molar-refractivity contribution in [3.05, 3.63) is 34.3 Å². The molecule has 0 fully saturated rings. The minimum Gasteiger partial charge on any atom is -0.480 e. The van der Waals surface area contributed by atoms with E-state index in [1.165, 1.54) is 6.07 Å². The van der Waals surface area contributed by atoms with Gasteiger partial charge in [0.1, 0.15) is 6.04 Å². The zero-order valence-electron chi connectivity index (χ0n) is 11.5. The lowest BCUT2D eigenvalue weighted by atomic mass is 9.86. The summed E-state index contributed by atoms with van der Waals surface area (Å²) in [6.07, 6.45) is 0. The van der Waals surface area contributed by atoms with Crippen molar-refractivity contribution in [3.8, 4) is 0 Å². The maximum Gasteiger partial charge on any atom is 0.326 e. The van der Waals surface area contributed by atoms with Crippen molar-refractivity contribution >= 4 is 23.5 Å². The van der Waals surface area contributed by atoms with Crippen LogP contribution in [0.5, 0.6) is 0 Å². The molecule has 5 heteroatoms. The van der Waals surface area contributed by atoms with E-state index < -0.39 is 23.3 Å². The minimum absolute atomic E-state index is 0.392. The SMILES string of the molecule is Cc1ccc(Cl)cc1C(=O)N[C@@H](C(=O)O)C(C)(C)C. The molecule has 1 aromatic rings. The number of aliphatic carboxylic acids is 1. The number of aryl methyl sites for hydroxylation is 1. The number of rotatable bonds is 3. The van der Waals surface area contributed by atoms with Crippen molar-refractivity contribution in [2.75, 3.05) is 0 Å². The normalized spacial score (nSPS) is 12.9. The number of hydrogen-bond donors (Lipinski definition) is 2. The molecule has 1 aromatic carbocycles. The molecule has 0 bridgehead atoms. The van der Waals surface area contributed by atoms with Crippen LogP contribution < -0.4 is 5.32 Å². The largest absolute Gasteiger partial charge is 0.480 e. The number of halogens is 1. The van der Waals surface area contributed by atoms with E-state index in [1.54, 1.807) is 39.8 Å². The fraction of sp³-hybridized carbons (Fsp3) is 0.429. The fourth-order valence-electron chi connectivity index (χ4n) is 1.70. The Kier molecular flexibility index (Phi) is 4.58. The third-order valence-electron chi connectivity index (χ3n) is 2.83. The van der Waals surface area contributed by atoms with E-state index in [2.05, 4.69) is 5.32 Å². The molecule has 19 heavy (non-hydrogen) atoms. The first-order valence-electron chi connectivity index (χ1n) is 5.92. The fourth-order valence-corrected chi connectivity index (χ4v) is 1.87. The number of carbonyl (C=O) groups excluding carboxylic acids is 1. The Labute approximate surface area is 117 Å². The molecule has 1 atom stereocenters. The standard InChI is InChI=1S/C14H18ClNO3/c1-8-5-6-9(15)7-10(8)12(17)16-11(13(18)19)14(2,3)4/h5-7,11H,1-4H3,(H,16,17)(H,18,19)/t11-/m0/s1. The number of carboxylic acids is 1. The second kappa shape index (κ2) is 5.61. The van der Waals surface area contributed by atoms with Gasteiger partial charge in [-0.05, 0) is 30.0 Å². The first-order chi connectivity index (χ1) is 8.62. The van der Waals surface area contributed by atoms with E-state index in [-0.39, 0.29) is 0 Å². The number of amides is 1. The Balaban J connectivity index is 3.01. The van der Waals surface area contributed by atoms with Crippen LogP contribution in [0.3, 0.4) is 0 Å². The molecule has 0 unspecified atom stereocenters. The summed E-state index contributed by atoms with van der Waals surface area (Å²) < 4.78 is 0. The van der Waals surface area contributed by atoms with Gasteiger partial charge in [0.05, 0.1) is 0 Å². The molecule has 0 saturated carbocycles. The Morgan fingerprint density at radius 3 is 2.37 bits per heavy atom. The summed E-state index contributed by atoms with van der Waals surface area (Å²) in [4.78, 5) is 23.4. The minimum atomic E-state index is -1.06. The molecule has 0 heterocycles. The maximum absolute atomic E-state index is 12.1. The van der Waals surface area contributed by atoms with E-state index in [1.807, 2.05) is 0 Å². The molecular weight excluding hydrogens is 266 g/mol. The van der Waals surface area contributed by atoms with Gasteiger partial charge in [0.2, 0.25) is 0 Å². The highest BCUT2D eigenvalue weighted by atomic mass is 35.5. The highest BCUT2D eigenvalue weighted by molar-refractivity contribution is 6.31. The second-order valence-electron chi connectivity index (χ2n) is 5.57. The molecule has 1 rings (SSSR count). The molecule has 0 aromatic heterocycles. The summed E-state index contributed by atoms with van der Waals surface area (Å²) in [5, 5.41) is 12.2. The summed E-state index contributed by atoms with van der Waals surface area (Å²) >= 11 is 5.85. The molecule has 0 spiro atoms. The summed E-state index contributed by atoms with van der Waals surface area (Å²) in [5.41, 5.74) is 0.566. The number of hydrogen-bond acceptors (Lipinski definition) is 2. The molecule has 0 aliphatic rings. The monoisotopic (exact) mass is 283 g/mol. The van der Waals surface area contributed by atoms with Crippen molar-refractivity contribution in [2.24, 2.45) is 5.41 Å². The molecule has 1 amide bonds. The first kappa shape index (κ1) is 15.5. The van der Waals surface area contributed by atoms with Crippen molar-refractivity contribution < 1.29 is 14.7 Å². The van der Waals surface area contributed by atoms with Gasteiger partial charge in [-0.3, -0.25) is 4.79 Å². The maximum atomic E-state index is 12.1. The van der Waals surface area contributed by atoms with Gasteiger partial charge in [-0.1, -0.05) is 38.4 Å². The van der Waals surface area contributed by atoms with Crippen molar-refractivity contribution in [1.29, 1.82) is 0 Å². The number of benzene rings is 1. The average Bonchev–Trinajstić information content (AvgIpc) is 2.26. The Morgan fingerprint density at radius 2 is 1.89 bits per heavy atom. The van der Waals surface area contributed by atoms with Crippen LogP contribution in [0.2, 0.25) is 5.02 Å². The van der Waals surface area contributed by atoms with Crippen LogP contribution in [0, 0.1) is 12.3 Å². The number of carbonyl (C=O) groups is 2. The Morgan fingerprint density at radius 1 is 1.32 bits per heavy atom. The molecule has 0 aliphatic heterocycles. The Hall–Kier alpha value is -1.55. The predicted molar refractivity (Wildman–Crippen MR) is 74.5 cm³/mol. The lowest BCUT2D eigenvalue weighted by Crippen LogP contribution is -2.49. The molecule has 2 N–H and O–H groups in total. The van der Waals surface area contributed by atoms with Gasteiger partial charge < -0.3 is 10.4 Å². The van der Waals surface area contributed by atoms with Crippen LogP contribution >= 0.6 is 11.6 Å². The average molecular weight is 284 g/mol. The van der Waals surface area contributed by atoms with Gasteiger partial charge >= 0.3 is 5.97 Å². The number of nitrogens with one attached hydrogen (secondary N) is 1. The highest BCUT2D eigenvalue weighted by Crippen LogP contribution is 2.21. The van der Waals surface area contributed by atoms with Crippen LogP contribution in [-0.4, -0.2) is 23.0 Å². The van der Waals surface area contributed by atoms with Crippen molar-refractivity contribution in [2.45, 2.75) is 33.7 Å². The summed E-state index contributed by atoms with van der Waals surface area (Å²) in [5.74, 6) is -1.48. The van der Waals surface area contributed by atoms with Crippen LogP contribution in [0.1, 0.15) is 36.7 Å². The van der Waals surface area contributed by atoms with Crippen LogP contribution in [0.15, 0.2) is 18.2 Å². The topological polar surface area (TPSA) is 66.4 Å². The third kappa shape index (κ3) is 3.96. The lowest BCUT2D eigenvalue weighted by molar-refractivity contribution is -0.142. The third-order valence-corrected chi connectivity index (χ3v) is 3.07. The summed E-state index contributed by atoms with van der Waals surface area (Å²) in [7, 11) is 0. The van der Waals surface area contributed by atoms with Gasteiger partial charge in [0, 0.05) is 10.6 Å². The molecule has 0 saturated heterocycles. The van der Waals surface area contributed by atoms with Crippen LogP contribution in [0.25, 0.3) is 0 Å². The van der Waals surface area contributed by atoms with Gasteiger partial charge in [0.25, 0.3) is 5.91 Å². The molecule has 0 radical (unpaired) electrons. The van der Waals surface area contributed by atoms with Crippen molar-refractivity contribution in [3.63, 3.8) is 0 Å². The lowest BCUT2D eigenvalue weighted by Gasteiger charge is -2.28. The van der Waals surface area contributed by atoms with Gasteiger partial charge in [-0.15, -0.1) is 0 Å². The molecule has 0 aliphatic carbocycles. The zero-order chi connectivity index (χ0) is 14.8. The van der Waals surface area contributed by atoms with Crippen LogP contribution in [-0.2, 0) is 4.79 Å². The molecular formula is C14H18ClNO3. The van der Waals surface area contributed by atoms with Gasteiger partial charge in [0.15, 0.2) is 0 Å².